The van der Waals surface area contributed by atoms with Crippen molar-refractivity contribution in [2.75, 3.05) is 5.75 Å². The van der Waals surface area contributed by atoms with Gasteiger partial charge >= 0.3 is 0 Å². The molecule has 0 saturated heterocycles. The number of hydrogen-bond acceptors (Lipinski definition) is 5. The van der Waals surface area contributed by atoms with Crippen LogP contribution in [0.15, 0.2) is 30.3 Å². The van der Waals surface area contributed by atoms with Crippen LogP contribution in [-0.4, -0.2) is 30.9 Å². The second-order valence-corrected chi connectivity index (χ2v) is 7.85. The quantitative estimate of drug-likeness (QED) is 0.760. The Labute approximate surface area is 130 Å². The van der Waals surface area contributed by atoms with Gasteiger partial charge in [0, 0.05) is 16.7 Å². The first-order chi connectivity index (χ1) is 10.0. The summed E-state index contributed by atoms with van der Waals surface area (Å²) >= 11 is 2.00. The first-order valence-corrected chi connectivity index (χ1v) is 8.29. The molecular formula is C16H22N4S. The zero-order chi connectivity index (χ0) is 15.1. The van der Waals surface area contributed by atoms with E-state index >= 15 is 0 Å². The Kier molecular flexibility index (Phi) is 5.67. The summed E-state index contributed by atoms with van der Waals surface area (Å²) in [5, 5.41) is 16.7. The van der Waals surface area contributed by atoms with Crippen LogP contribution in [0.3, 0.4) is 0 Å². The van der Waals surface area contributed by atoms with E-state index in [0.29, 0.717) is 10.6 Å². The third-order valence-corrected chi connectivity index (χ3v) is 4.24. The van der Waals surface area contributed by atoms with Gasteiger partial charge in [-0.1, -0.05) is 51.1 Å². The maximum absolute atomic E-state index is 4.17. The highest BCUT2D eigenvalue weighted by atomic mass is 32.2. The first kappa shape index (κ1) is 15.9. The second kappa shape index (κ2) is 7.50. The van der Waals surface area contributed by atoms with E-state index in [1.54, 1.807) is 0 Å². The van der Waals surface area contributed by atoms with Gasteiger partial charge in [0.1, 0.15) is 0 Å². The van der Waals surface area contributed by atoms with E-state index in [-0.39, 0.29) is 0 Å². The lowest BCUT2D eigenvalue weighted by Crippen LogP contribution is -2.08. The Morgan fingerprint density at radius 1 is 0.905 bits per heavy atom. The molecule has 0 radical (unpaired) electrons. The summed E-state index contributed by atoms with van der Waals surface area (Å²) in [6.45, 7) is 6.74. The molecule has 0 aliphatic heterocycles. The number of hydrogen-bond donors (Lipinski definition) is 0. The molecule has 1 heterocycles. The lowest BCUT2D eigenvalue weighted by atomic mass is 10.2. The van der Waals surface area contributed by atoms with E-state index in [0.717, 1.165) is 24.2 Å². The van der Waals surface area contributed by atoms with Crippen LogP contribution in [-0.2, 0) is 6.42 Å². The van der Waals surface area contributed by atoms with E-state index in [4.69, 9.17) is 0 Å². The monoisotopic (exact) mass is 302 g/mol. The fourth-order valence-electron chi connectivity index (χ4n) is 1.82. The number of rotatable bonds is 6. The fraction of sp³-hybridized carbons (Fsp3) is 0.500. The highest BCUT2D eigenvalue weighted by Gasteiger charge is 2.09. The summed E-state index contributed by atoms with van der Waals surface area (Å²) in [7, 11) is 0. The van der Waals surface area contributed by atoms with Crippen molar-refractivity contribution in [1.82, 2.24) is 20.4 Å². The Morgan fingerprint density at radius 3 is 2.19 bits per heavy atom. The number of benzene rings is 1. The normalized spacial score (nSPS) is 11.6. The molecule has 1 aromatic heterocycles. The SMILES string of the molecule is CC(C)(C)SCCCCc1nnc(-c2ccccc2)nn1. The zero-order valence-electron chi connectivity index (χ0n) is 12.9. The molecule has 0 atom stereocenters. The Morgan fingerprint density at radius 2 is 1.57 bits per heavy atom. The molecule has 4 nitrogen and oxygen atoms in total. The number of aryl methyl sites for hydroxylation is 1. The molecule has 112 valence electrons. The van der Waals surface area contributed by atoms with Crippen LogP contribution >= 0.6 is 11.8 Å². The molecule has 21 heavy (non-hydrogen) atoms. The minimum atomic E-state index is 0.344. The standard InChI is InChI=1S/C16H22N4S/c1-16(2,3)21-12-8-7-11-14-17-19-15(20-18-14)13-9-5-4-6-10-13/h4-6,9-10H,7-8,11-12H2,1-3H3. The molecule has 0 bridgehead atoms. The molecule has 0 spiro atoms. The molecule has 0 N–H and O–H groups in total. The lowest BCUT2D eigenvalue weighted by molar-refractivity contribution is 0.700. The van der Waals surface area contributed by atoms with Crippen molar-refractivity contribution in [2.24, 2.45) is 0 Å². The molecule has 0 aliphatic carbocycles. The third kappa shape index (κ3) is 5.79. The number of unbranched alkanes of at least 4 members (excludes halogenated alkanes) is 1. The van der Waals surface area contributed by atoms with Crippen LogP contribution in [0.25, 0.3) is 11.4 Å². The van der Waals surface area contributed by atoms with Gasteiger partial charge in [-0.3, -0.25) is 0 Å². The second-order valence-electron chi connectivity index (χ2n) is 5.92. The summed E-state index contributed by atoms with van der Waals surface area (Å²) in [5.41, 5.74) is 0.950. The highest BCUT2D eigenvalue weighted by Crippen LogP contribution is 2.24. The van der Waals surface area contributed by atoms with Crippen LogP contribution in [0.2, 0.25) is 0 Å². The molecule has 5 heteroatoms. The van der Waals surface area contributed by atoms with Gasteiger partial charge in [-0.05, 0) is 18.6 Å². The van der Waals surface area contributed by atoms with Gasteiger partial charge in [0.2, 0.25) is 5.82 Å². The Hall–Kier alpha value is -1.49. The van der Waals surface area contributed by atoms with Crippen molar-refractivity contribution in [3.8, 4) is 11.4 Å². The van der Waals surface area contributed by atoms with Crippen LogP contribution in [0.1, 0.15) is 39.4 Å². The summed E-state index contributed by atoms with van der Waals surface area (Å²) in [5.74, 6) is 2.49. The molecule has 0 aliphatic rings. The van der Waals surface area contributed by atoms with Gasteiger partial charge in [-0.15, -0.1) is 20.4 Å². The molecule has 0 saturated carbocycles. The molecule has 2 rings (SSSR count). The first-order valence-electron chi connectivity index (χ1n) is 7.30. The van der Waals surface area contributed by atoms with Gasteiger partial charge in [0.05, 0.1) is 0 Å². The van der Waals surface area contributed by atoms with Crippen molar-refractivity contribution >= 4 is 11.8 Å². The summed E-state index contributed by atoms with van der Waals surface area (Å²) in [6, 6.07) is 9.80. The van der Waals surface area contributed by atoms with E-state index in [1.807, 2.05) is 42.1 Å². The van der Waals surface area contributed by atoms with Gasteiger partial charge in [-0.2, -0.15) is 11.8 Å². The summed E-state index contributed by atoms with van der Waals surface area (Å²) in [4.78, 5) is 0. The van der Waals surface area contributed by atoms with Gasteiger partial charge < -0.3 is 0 Å². The van der Waals surface area contributed by atoms with Crippen molar-refractivity contribution in [3.05, 3.63) is 36.2 Å². The van der Waals surface area contributed by atoms with E-state index in [1.165, 1.54) is 12.2 Å². The smallest absolute Gasteiger partial charge is 0.156 e. The Bertz CT molecular complexity index is 534. The molecule has 0 amide bonds. The van der Waals surface area contributed by atoms with Crippen molar-refractivity contribution in [3.63, 3.8) is 0 Å². The average molecular weight is 302 g/mol. The Balaban J connectivity index is 1.78. The minimum absolute atomic E-state index is 0.344. The van der Waals surface area contributed by atoms with Crippen molar-refractivity contribution < 1.29 is 0 Å². The molecular weight excluding hydrogens is 280 g/mol. The minimum Gasteiger partial charge on any atom is -0.156 e. The maximum atomic E-state index is 4.17. The third-order valence-electron chi connectivity index (χ3n) is 2.88. The van der Waals surface area contributed by atoms with Crippen molar-refractivity contribution in [1.29, 1.82) is 0 Å². The van der Waals surface area contributed by atoms with Gasteiger partial charge in [0.15, 0.2) is 5.82 Å². The largest absolute Gasteiger partial charge is 0.203 e. The van der Waals surface area contributed by atoms with Gasteiger partial charge in [-0.25, -0.2) is 0 Å². The van der Waals surface area contributed by atoms with Gasteiger partial charge in [0.25, 0.3) is 0 Å². The highest BCUT2D eigenvalue weighted by molar-refractivity contribution is 8.00. The fourth-order valence-corrected chi connectivity index (χ4v) is 2.78. The predicted molar refractivity (Wildman–Crippen MR) is 88.2 cm³/mol. The van der Waals surface area contributed by atoms with E-state index in [9.17, 15) is 0 Å². The molecule has 0 unspecified atom stereocenters. The molecule has 1 aromatic carbocycles. The summed E-state index contributed by atoms with van der Waals surface area (Å²) < 4.78 is 0.344. The predicted octanol–water partition coefficient (Wildman–Crippen LogP) is 3.79. The van der Waals surface area contributed by atoms with Crippen molar-refractivity contribution in [2.45, 2.75) is 44.8 Å². The number of nitrogens with zero attached hydrogens (tertiary/aromatic N) is 4. The topological polar surface area (TPSA) is 51.6 Å². The molecule has 0 fully saturated rings. The number of thioether (sulfide) groups is 1. The average Bonchev–Trinajstić information content (AvgIpc) is 2.47. The zero-order valence-corrected chi connectivity index (χ0v) is 13.7. The molecule has 2 aromatic rings. The van der Waals surface area contributed by atoms with Crippen LogP contribution in [0.5, 0.6) is 0 Å². The maximum Gasteiger partial charge on any atom is 0.203 e. The van der Waals surface area contributed by atoms with Crippen LogP contribution in [0, 0.1) is 0 Å². The summed E-state index contributed by atoms with van der Waals surface area (Å²) in [6.07, 6.45) is 3.10. The van der Waals surface area contributed by atoms with Crippen LogP contribution < -0.4 is 0 Å². The number of aromatic nitrogens is 4. The lowest BCUT2D eigenvalue weighted by Gasteiger charge is -2.16. The van der Waals surface area contributed by atoms with E-state index < -0.39 is 0 Å². The van der Waals surface area contributed by atoms with Crippen LogP contribution in [0.4, 0.5) is 0 Å². The van der Waals surface area contributed by atoms with E-state index in [2.05, 4.69) is 41.2 Å².